The molecule has 0 radical (unpaired) electrons. The van der Waals surface area contributed by atoms with Crippen molar-refractivity contribution in [3.05, 3.63) is 58.9 Å². The molecule has 184 valence electrons. The summed E-state index contributed by atoms with van der Waals surface area (Å²) in [5.41, 5.74) is 2.92. The Balaban J connectivity index is 1.48. The van der Waals surface area contributed by atoms with E-state index in [1.165, 1.54) is 7.11 Å². The summed E-state index contributed by atoms with van der Waals surface area (Å²) < 4.78 is 10.9. The SMILES string of the molecule is COC(=O)C1(c2ccccc2)CCN(C(=O)c2cc(C3CC3)nc3onc(CC(C)(C)C)c23)CC1. The summed E-state index contributed by atoms with van der Waals surface area (Å²) in [7, 11) is 1.43. The topological polar surface area (TPSA) is 85.5 Å². The second-order valence-electron chi connectivity index (χ2n) is 11.1. The van der Waals surface area contributed by atoms with Gasteiger partial charge in [0.2, 0.25) is 0 Å². The highest BCUT2D eigenvalue weighted by Gasteiger charge is 2.45. The molecule has 1 aliphatic carbocycles. The van der Waals surface area contributed by atoms with Gasteiger partial charge in [-0.05, 0) is 49.1 Å². The normalized spacial score (nSPS) is 18.0. The molecular formula is C28H33N3O4. The lowest BCUT2D eigenvalue weighted by molar-refractivity contribution is -0.149. The van der Waals surface area contributed by atoms with E-state index in [1.807, 2.05) is 41.3 Å². The predicted octanol–water partition coefficient (Wildman–Crippen LogP) is 5.04. The van der Waals surface area contributed by atoms with Crippen LogP contribution in [-0.2, 0) is 21.4 Å². The van der Waals surface area contributed by atoms with Gasteiger partial charge in [0.15, 0.2) is 0 Å². The summed E-state index contributed by atoms with van der Waals surface area (Å²) in [5.74, 6) is 0.0855. The molecule has 1 aliphatic heterocycles. The van der Waals surface area contributed by atoms with Crippen molar-refractivity contribution in [3.63, 3.8) is 0 Å². The van der Waals surface area contributed by atoms with Gasteiger partial charge in [-0.25, -0.2) is 4.98 Å². The van der Waals surface area contributed by atoms with Crippen LogP contribution < -0.4 is 0 Å². The summed E-state index contributed by atoms with van der Waals surface area (Å²) in [6.07, 6.45) is 3.87. The third-order valence-corrected chi connectivity index (χ3v) is 7.27. The number of carbonyl (C=O) groups excluding carboxylic acids is 2. The minimum Gasteiger partial charge on any atom is -0.468 e. The highest BCUT2D eigenvalue weighted by molar-refractivity contribution is 6.06. The first kappa shape index (κ1) is 23.5. The van der Waals surface area contributed by atoms with Crippen molar-refractivity contribution >= 4 is 23.0 Å². The van der Waals surface area contributed by atoms with Crippen LogP contribution in [0.15, 0.2) is 40.9 Å². The molecule has 1 saturated carbocycles. The molecule has 0 spiro atoms. The Morgan fingerprint density at radius 1 is 1.14 bits per heavy atom. The number of benzene rings is 1. The molecule has 7 heteroatoms. The van der Waals surface area contributed by atoms with E-state index in [0.717, 1.165) is 35.2 Å². The van der Waals surface area contributed by atoms with Gasteiger partial charge in [-0.3, -0.25) is 9.59 Å². The molecular weight excluding hydrogens is 442 g/mol. The number of fused-ring (bicyclic) bond motifs is 1. The number of aromatic nitrogens is 2. The molecule has 3 aromatic rings. The molecule has 35 heavy (non-hydrogen) atoms. The molecule has 2 fully saturated rings. The third kappa shape index (κ3) is 4.44. The van der Waals surface area contributed by atoms with Gasteiger partial charge in [0.05, 0.1) is 29.2 Å². The number of hydrogen-bond acceptors (Lipinski definition) is 6. The maximum Gasteiger partial charge on any atom is 0.316 e. The van der Waals surface area contributed by atoms with E-state index in [9.17, 15) is 9.59 Å². The summed E-state index contributed by atoms with van der Waals surface area (Å²) in [6, 6.07) is 11.7. The zero-order valence-corrected chi connectivity index (χ0v) is 21.0. The number of methoxy groups -OCH3 is 1. The third-order valence-electron chi connectivity index (χ3n) is 7.27. The van der Waals surface area contributed by atoms with E-state index in [1.54, 1.807) is 0 Å². The maximum atomic E-state index is 13.9. The molecule has 1 amide bonds. The van der Waals surface area contributed by atoms with Gasteiger partial charge in [-0.2, -0.15) is 0 Å². The number of nitrogens with zero attached hydrogens (tertiary/aromatic N) is 3. The van der Waals surface area contributed by atoms with Crippen LogP contribution in [0.4, 0.5) is 0 Å². The molecule has 7 nitrogen and oxygen atoms in total. The summed E-state index contributed by atoms with van der Waals surface area (Å²) in [4.78, 5) is 33.4. The number of hydrogen-bond donors (Lipinski definition) is 0. The van der Waals surface area contributed by atoms with Crippen LogP contribution in [-0.4, -0.2) is 47.1 Å². The van der Waals surface area contributed by atoms with Crippen LogP contribution in [0.5, 0.6) is 0 Å². The lowest BCUT2D eigenvalue weighted by Crippen LogP contribution is -2.49. The Labute approximate surface area is 205 Å². The molecule has 5 rings (SSSR count). The van der Waals surface area contributed by atoms with E-state index in [4.69, 9.17) is 14.2 Å². The number of carbonyl (C=O) groups is 2. The summed E-state index contributed by atoms with van der Waals surface area (Å²) in [6.45, 7) is 7.35. The van der Waals surface area contributed by atoms with Crippen LogP contribution >= 0.6 is 0 Å². The number of esters is 1. The van der Waals surface area contributed by atoms with Crippen LogP contribution in [0.2, 0.25) is 0 Å². The molecule has 2 aromatic heterocycles. The quantitative estimate of drug-likeness (QED) is 0.481. The number of ether oxygens (including phenoxy) is 1. The fourth-order valence-electron chi connectivity index (χ4n) is 5.23. The molecule has 0 N–H and O–H groups in total. The monoisotopic (exact) mass is 475 g/mol. The first-order chi connectivity index (χ1) is 16.7. The minimum atomic E-state index is -0.742. The Bertz CT molecular complexity index is 1250. The van der Waals surface area contributed by atoms with Gasteiger partial charge in [0.25, 0.3) is 11.6 Å². The highest BCUT2D eigenvalue weighted by Crippen LogP contribution is 2.42. The van der Waals surface area contributed by atoms with Crippen LogP contribution in [0.25, 0.3) is 11.1 Å². The molecule has 0 unspecified atom stereocenters. The number of likely N-dealkylation sites (tertiary alicyclic amines) is 1. The van der Waals surface area contributed by atoms with Crippen molar-refractivity contribution < 1.29 is 18.8 Å². The van der Waals surface area contributed by atoms with E-state index in [2.05, 4.69) is 25.9 Å². The van der Waals surface area contributed by atoms with Gasteiger partial charge in [0.1, 0.15) is 0 Å². The Morgan fingerprint density at radius 3 is 2.43 bits per heavy atom. The first-order valence-corrected chi connectivity index (χ1v) is 12.4. The lowest BCUT2D eigenvalue weighted by atomic mass is 9.72. The number of piperidine rings is 1. The maximum absolute atomic E-state index is 13.9. The van der Waals surface area contributed by atoms with Crippen molar-refractivity contribution in [2.75, 3.05) is 20.2 Å². The van der Waals surface area contributed by atoms with Gasteiger partial charge in [-0.15, -0.1) is 0 Å². The Morgan fingerprint density at radius 2 is 1.83 bits per heavy atom. The number of rotatable bonds is 5. The van der Waals surface area contributed by atoms with E-state index in [0.29, 0.717) is 49.5 Å². The van der Waals surface area contributed by atoms with Crippen molar-refractivity contribution in [1.82, 2.24) is 15.0 Å². The molecule has 0 atom stereocenters. The minimum absolute atomic E-state index is 0.0137. The second-order valence-corrected chi connectivity index (χ2v) is 11.1. The van der Waals surface area contributed by atoms with E-state index >= 15 is 0 Å². The average Bonchev–Trinajstić information content (AvgIpc) is 3.64. The Hall–Kier alpha value is -3.22. The van der Waals surface area contributed by atoms with E-state index < -0.39 is 5.41 Å². The van der Waals surface area contributed by atoms with Crippen LogP contribution in [0, 0.1) is 5.41 Å². The van der Waals surface area contributed by atoms with Crippen molar-refractivity contribution in [2.24, 2.45) is 5.41 Å². The van der Waals surface area contributed by atoms with Crippen LogP contribution in [0.3, 0.4) is 0 Å². The second kappa shape index (κ2) is 8.77. The zero-order valence-electron chi connectivity index (χ0n) is 21.0. The molecule has 1 aromatic carbocycles. The molecule has 0 bridgehead atoms. The molecule has 1 saturated heterocycles. The average molecular weight is 476 g/mol. The highest BCUT2D eigenvalue weighted by atomic mass is 16.5. The van der Waals surface area contributed by atoms with Gasteiger partial charge in [-0.1, -0.05) is 56.3 Å². The Kier molecular flexibility index (Phi) is 5.90. The largest absolute Gasteiger partial charge is 0.468 e. The van der Waals surface area contributed by atoms with Crippen molar-refractivity contribution in [1.29, 1.82) is 0 Å². The zero-order chi connectivity index (χ0) is 24.8. The number of pyridine rings is 1. The molecule has 2 aliphatic rings. The fraction of sp³-hybridized carbons (Fsp3) is 0.500. The molecule has 3 heterocycles. The first-order valence-electron chi connectivity index (χ1n) is 12.4. The lowest BCUT2D eigenvalue weighted by Gasteiger charge is -2.40. The standard InChI is InChI=1S/C28H33N3O4/c1-27(2,3)17-22-23-20(16-21(18-10-11-18)29-24(23)35-30-22)25(32)31-14-12-28(13-15-31,26(33)34-4)19-8-6-5-7-9-19/h5-9,16,18H,10-15,17H2,1-4H3. The van der Waals surface area contributed by atoms with Gasteiger partial charge in [0, 0.05) is 24.7 Å². The smallest absolute Gasteiger partial charge is 0.316 e. The predicted molar refractivity (Wildman–Crippen MR) is 132 cm³/mol. The van der Waals surface area contributed by atoms with Gasteiger partial charge < -0.3 is 14.2 Å². The number of amides is 1. The van der Waals surface area contributed by atoms with Crippen LogP contribution in [0.1, 0.15) is 79.7 Å². The summed E-state index contributed by atoms with van der Waals surface area (Å²) in [5, 5.41) is 5.04. The van der Waals surface area contributed by atoms with Gasteiger partial charge >= 0.3 is 5.97 Å². The summed E-state index contributed by atoms with van der Waals surface area (Å²) >= 11 is 0. The van der Waals surface area contributed by atoms with E-state index in [-0.39, 0.29) is 17.3 Å². The van der Waals surface area contributed by atoms with Crippen molar-refractivity contribution in [3.8, 4) is 0 Å². The fourth-order valence-corrected chi connectivity index (χ4v) is 5.23. The van der Waals surface area contributed by atoms with Crippen molar-refractivity contribution in [2.45, 2.75) is 64.2 Å².